The largest absolute Gasteiger partial charge is 0.393 e. The van der Waals surface area contributed by atoms with Gasteiger partial charge in [0.05, 0.1) is 6.10 Å². The fraction of sp³-hybridized carbons (Fsp3) is 0.625. The van der Waals surface area contributed by atoms with E-state index in [2.05, 4.69) is 27.3 Å². The van der Waals surface area contributed by atoms with E-state index in [4.69, 9.17) is 0 Å². The van der Waals surface area contributed by atoms with E-state index in [1.165, 1.54) is 44.1 Å². The lowest BCUT2D eigenvalue weighted by molar-refractivity contribution is -0.124. The number of halogens is 1. The van der Waals surface area contributed by atoms with Gasteiger partial charge in [-0.2, -0.15) is 0 Å². The molecular weight excluding hydrogens is 414 g/mol. The van der Waals surface area contributed by atoms with E-state index in [1.54, 1.807) is 0 Å². The summed E-state index contributed by atoms with van der Waals surface area (Å²) in [6.45, 7) is 3.82. The third-order valence-electron chi connectivity index (χ3n) is 6.78. The Morgan fingerprint density at radius 1 is 1.32 bits per heavy atom. The second-order valence-electron chi connectivity index (χ2n) is 8.92. The topological polar surface area (TPSA) is 49.3 Å². The normalized spacial score (nSPS) is 25.6. The van der Waals surface area contributed by atoms with Crippen molar-refractivity contribution in [3.63, 3.8) is 0 Å². The highest BCUT2D eigenvalue weighted by Crippen LogP contribution is 2.52. The minimum Gasteiger partial charge on any atom is -0.393 e. The minimum absolute atomic E-state index is 0.152. The van der Waals surface area contributed by atoms with E-state index < -0.39 is 0 Å². The third kappa shape index (κ3) is 5.27. The van der Waals surface area contributed by atoms with E-state index in [0.29, 0.717) is 6.42 Å². The summed E-state index contributed by atoms with van der Waals surface area (Å²) < 4.78 is 1.01. The Labute approximate surface area is 178 Å². The first-order valence-electron chi connectivity index (χ1n) is 10.8. The fourth-order valence-electron chi connectivity index (χ4n) is 5.08. The molecule has 4 rings (SSSR count). The number of amides is 1. The second kappa shape index (κ2) is 9.58. The number of rotatable bonds is 8. The number of aliphatic hydroxyl groups is 1. The first-order valence-corrected chi connectivity index (χ1v) is 11.6. The van der Waals surface area contributed by atoms with Gasteiger partial charge in [0, 0.05) is 22.2 Å². The molecule has 154 valence electrons. The van der Waals surface area contributed by atoms with E-state index in [9.17, 15) is 9.90 Å². The number of carbonyl (C=O) groups is 1. The molecule has 1 aromatic rings. The molecule has 0 spiro atoms. The molecule has 1 amide bonds. The molecular formula is C24H34BrNO2. The third-order valence-corrected chi connectivity index (χ3v) is 7.45. The average molecular weight is 448 g/mol. The molecule has 0 radical (unpaired) electrons. The van der Waals surface area contributed by atoms with Crippen molar-refractivity contribution in [1.29, 1.82) is 0 Å². The van der Waals surface area contributed by atoms with Crippen LogP contribution in [0.15, 0.2) is 28.7 Å². The Hall–Kier alpha value is -1.13. The number of aryl methyl sites for hydroxylation is 1. The molecule has 3 saturated carbocycles. The van der Waals surface area contributed by atoms with Gasteiger partial charge in [-0.25, -0.2) is 0 Å². The molecule has 2 N–H and O–H groups in total. The van der Waals surface area contributed by atoms with Gasteiger partial charge in [0.25, 0.3) is 0 Å². The van der Waals surface area contributed by atoms with Gasteiger partial charge in [-0.1, -0.05) is 34.1 Å². The summed E-state index contributed by atoms with van der Waals surface area (Å²) in [5.41, 5.74) is 3.42. The van der Waals surface area contributed by atoms with Gasteiger partial charge in [0.15, 0.2) is 0 Å². The van der Waals surface area contributed by atoms with Crippen molar-refractivity contribution < 1.29 is 9.90 Å². The number of hydrogen-bond acceptors (Lipinski definition) is 2. The Bertz CT molecular complexity index is 704. The Balaban J connectivity index is 1.70. The molecule has 3 fully saturated rings. The number of fused-ring (bicyclic) bond motifs is 3. The monoisotopic (exact) mass is 447 g/mol. The quantitative estimate of drug-likeness (QED) is 0.513. The molecule has 3 aliphatic rings. The SMILES string of the molecule is CC=C(NC(=O)CC12CCC(CC1)CC2)c1c(Br)cccc1CCCC(C)O. The van der Waals surface area contributed by atoms with Gasteiger partial charge in [0.2, 0.25) is 5.91 Å². The van der Waals surface area contributed by atoms with E-state index >= 15 is 0 Å². The van der Waals surface area contributed by atoms with Gasteiger partial charge in [-0.3, -0.25) is 4.79 Å². The van der Waals surface area contributed by atoms with Crippen LogP contribution >= 0.6 is 15.9 Å². The van der Waals surface area contributed by atoms with Crippen LogP contribution in [0.5, 0.6) is 0 Å². The summed E-state index contributed by atoms with van der Waals surface area (Å²) in [5, 5.41) is 12.8. The number of benzene rings is 1. The lowest BCUT2D eigenvalue weighted by Crippen LogP contribution is -2.38. The Morgan fingerprint density at radius 3 is 2.61 bits per heavy atom. The van der Waals surface area contributed by atoms with Crippen LogP contribution < -0.4 is 5.32 Å². The van der Waals surface area contributed by atoms with Crippen LogP contribution in [0.4, 0.5) is 0 Å². The highest BCUT2D eigenvalue weighted by Gasteiger charge is 2.41. The van der Waals surface area contributed by atoms with Crippen LogP contribution in [0.2, 0.25) is 0 Å². The predicted octanol–water partition coefficient (Wildman–Crippen LogP) is 5.99. The number of aliphatic hydroxyl groups excluding tert-OH is 1. The summed E-state index contributed by atoms with van der Waals surface area (Å²) in [6.07, 6.45) is 12.6. The molecule has 1 atom stereocenters. The first kappa shape index (κ1) is 21.6. The Morgan fingerprint density at radius 2 is 2.00 bits per heavy atom. The minimum atomic E-state index is -0.277. The maximum absolute atomic E-state index is 13.0. The molecule has 1 aromatic carbocycles. The summed E-state index contributed by atoms with van der Waals surface area (Å²) >= 11 is 3.69. The maximum Gasteiger partial charge on any atom is 0.224 e. The molecule has 0 saturated heterocycles. The van der Waals surface area contributed by atoms with E-state index in [1.807, 2.05) is 32.1 Å². The van der Waals surface area contributed by atoms with Crippen LogP contribution in [0, 0.1) is 11.3 Å². The molecule has 2 bridgehead atoms. The van der Waals surface area contributed by atoms with Gasteiger partial charge in [-0.05, 0) is 94.6 Å². The predicted molar refractivity (Wildman–Crippen MR) is 119 cm³/mol. The molecule has 28 heavy (non-hydrogen) atoms. The zero-order valence-corrected chi connectivity index (χ0v) is 18.9. The van der Waals surface area contributed by atoms with Gasteiger partial charge in [-0.15, -0.1) is 0 Å². The van der Waals surface area contributed by atoms with Crippen molar-refractivity contribution >= 4 is 27.5 Å². The standard InChI is InChI=1S/C24H34BrNO2/c1-3-21(23-19(7-4-6-17(2)27)8-5-9-20(23)25)26-22(28)16-24-13-10-18(11-14-24)12-15-24/h3,5,8-9,17-18,27H,4,6-7,10-16H2,1-2H3,(H,26,28). The second-order valence-corrected chi connectivity index (χ2v) is 9.78. The lowest BCUT2D eigenvalue weighted by Gasteiger charge is -2.46. The van der Waals surface area contributed by atoms with Crippen molar-refractivity contribution in [2.45, 2.75) is 84.2 Å². The van der Waals surface area contributed by atoms with Crippen LogP contribution in [-0.4, -0.2) is 17.1 Å². The number of carbonyl (C=O) groups excluding carboxylic acids is 1. The molecule has 4 heteroatoms. The van der Waals surface area contributed by atoms with Crippen LogP contribution in [0.3, 0.4) is 0 Å². The van der Waals surface area contributed by atoms with Crippen molar-refractivity contribution in [2.75, 3.05) is 0 Å². The highest BCUT2D eigenvalue weighted by molar-refractivity contribution is 9.10. The zero-order chi connectivity index (χ0) is 20.1. The van der Waals surface area contributed by atoms with Crippen LogP contribution in [0.1, 0.15) is 82.8 Å². The molecule has 3 aliphatic carbocycles. The molecule has 0 aromatic heterocycles. The molecule has 3 nitrogen and oxygen atoms in total. The summed E-state index contributed by atoms with van der Waals surface area (Å²) in [6, 6.07) is 6.20. The van der Waals surface area contributed by atoms with Crippen molar-refractivity contribution in [2.24, 2.45) is 11.3 Å². The fourth-order valence-corrected chi connectivity index (χ4v) is 5.71. The van der Waals surface area contributed by atoms with E-state index in [-0.39, 0.29) is 17.4 Å². The van der Waals surface area contributed by atoms with Crippen LogP contribution in [-0.2, 0) is 11.2 Å². The zero-order valence-electron chi connectivity index (χ0n) is 17.3. The summed E-state index contributed by atoms with van der Waals surface area (Å²) in [4.78, 5) is 13.0. The summed E-state index contributed by atoms with van der Waals surface area (Å²) in [5.74, 6) is 1.07. The lowest BCUT2D eigenvalue weighted by atomic mass is 9.59. The molecule has 1 unspecified atom stereocenters. The summed E-state index contributed by atoms with van der Waals surface area (Å²) in [7, 11) is 0. The maximum atomic E-state index is 13.0. The molecule has 0 heterocycles. The molecule has 0 aliphatic heterocycles. The van der Waals surface area contributed by atoms with Gasteiger partial charge >= 0.3 is 0 Å². The first-order chi connectivity index (χ1) is 13.4. The smallest absolute Gasteiger partial charge is 0.224 e. The van der Waals surface area contributed by atoms with Crippen molar-refractivity contribution in [3.05, 3.63) is 39.9 Å². The van der Waals surface area contributed by atoms with E-state index in [0.717, 1.165) is 40.9 Å². The number of nitrogens with one attached hydrogen (secondary N) is 1. The van der Waals surface area contributed by atoms with Crippen molar-refractivity contribution in [1.82, 2.24) is 5.32 Å². The number of allylic oxidation sites excluding steroid dienone is 1. The van der Waals surface area contributed by atoms with Crippen LogP contribution in [0.25, 0.3) is 5.70 Å². The van der Waals surface area contributed by atoms with Crippen molar-refractivity contribution in [3.8, 4) is 0 Å². The van der Waals surface area contributed by atoms with Gasteiger partial charge in [0.1, 0.15) is 0 Å². The Kier molecular flexibility index (Phi) is 7.38. The average Bonchev–Trinajstić information content (AvgIpc) is 2.67. The van der Waals surface area contributed by atoms with Gasteiger partial charge < -0.3 is 10.4 Å². The highest BCUT2D eigenvalue weighted by atomic mass is 79.9. The number of hydrogen-bond donors (Lipinski definition) is 2.